The van der Waals surface area contributed by atoms with Gasteiger partial charge in [-0.15, -0.1) is 5.10 Å². The molecule has 1 aromatic heterocycles. The zero-order chi connectivity index (χ0) is 16.1. The lowest BCUT2D eigenvalue weighted by atomic mass is 9.53. The Morgan fingerprint density at radius 3 is 2.54 bits per heavy atom. The second kappa shape index (κ2) is 5.19. The molecule has 24 heavy (non-hydrogen) atoms. The topological polar surface area (TPSA) is 69.0 Å². The summed E-state index contributed by atoms with van der Waals surface area (Å²) in [6, 6.07) is 7.56. The van der Waals surface area contributed by atoms with E-state index in [1.165, 1.54) is 24.1 Å². The summed E-state index contributed by atoms with van der Waals surface area (Å²) in [4.78, 5) is 19.4. The predicted octanol–water partition coefficient (Wildman–Crippen LogP) is 1.94. The van der Waals surface area contributed by atoms with Gasteiger partial charge in [0.1, 0.15) is 11.0 Å². The van der Waals surface area contributed by atoms with Gasteiger partial charge >= 0.3 is 0 Å². The number of aromatic nitrogens is 3. The van der Waals surface area contributed by atoms with Gasteiger partial charge in [0.2, 0.25) is 0 Å². The Morgan fingerprint density at radius 1 is 1.17 bits per heavy atom. The lowest BCUT2D eigenvalue weighted by Crippen LogP contribution is -2.60. The van der Waals surface area contributed by atoms with E-state index in [1.807, 2.05) is 24.3 Å². The van der Waals surface area contributed by atoms with Crippen LogP contribution in [0.15, 0.2) is 24.3 Å². The summed E-state index contributed by atoms with van der Waals surface area (Å²) in [5.74, 6) is 2.40. The number of nitrogens with one attached hydrogen (secondary N) is 1. The summed E-state index contributed by atoms with van der Waals surface area (Å²) in [7, 11) is 0. The van der Waals surface area contributed by atoms with Gasteiger partial charge in [-0.25, -0.2) is 0 Å². The number of nitrogens with zero attached hydrogens (tertiary/aromatic N) is 3. The van der Waals surface area contributed by atoms with Crippen LogP contribution in [0.2, 0.25) is 0 Å². The highest BCUT2D eigenvalue weighted by Gasteiger charge is 2.51. The van der Waals surface area contributed by atoms with Gasteiger partial charge in [0, 0.05) is 5.54 Å². The molecule has 0 saturated heterocycles. The maximum atomic E-state index is 12.5. The van der Waals surface area contributed by atoms with Crippen LogP contribution in [0.4, 0.5) is 0 Å². The first kappa shape index (κ1) is 14.3. The fraction of sp³-hybridized carbons (Fsp3) is 0.611. The van der Waals surface area contributed by atoms with Crippen molar-refractivity contribution in [2.75, 3.05) is 6.61 Å². The molecule has 2 aromatic rings. The zero-order valence-corrected chi connectivity index (χ0v) is 13.6. The molecule has 1 aromatic carbocycles. The molecule has 4 aliphatic carbocycles. The van der Waals surface area contributed by atoms with Gasteiger partial charge in [0.15, 0.2) is 6.61 Å². The van der Waals surface area contributed by atoms with Crippen molar-refractivity contribution >= 4 is 16.9 Å². The van der Waals surface area contributed by atoms with E-state index in [2.05, 4.69) is 15.6 Å². The summed E-state index contributed by atoms with van der Waals surface area (Å²) in [6.07, 6.45) is 7.56. The van der Waals surface area contributed by atoms with Crippen molar-refractivity contribution in [3.8, 4) is 0 Å². The minimum absolute atomic E-state index is 0.0187. The predicted molar refractivity (Wildman–Crippen MR) is 88.0 cm³/mol. The molecule has 6 rings (SSSR count). The maximum absolute atomic E-state index is 12.5. The van der Waals surface area contributed by atoms with Crippen molar-refractivity contribution < 1.29 is 9.63 Å². The highest BCUT2D eigenvalue weighted by molar-refractivity contribution is 5.78. The van der Waals surface area contributed by atoms with Crippen LogP contribution < -0.4 is 10.2 Å². The van der Waals surface area contributed by atoms with Gasteiger partial charge in [-0.05, 0) is 73.6 Å². The lowest BCUT2D eigenvalue weighted by molar-refractivity contribution is -0.132. The smallest absolute Gasteiger partial charge is 0.261 e. The van der Waals surface area contributed by atoms with Gasteiger partial charge in [0.05, 0.1) is 0 Å². The Labute approximate surface area is 140 Å². The summed E-state index contributed by atoms with van der Waals surface area (Å²) in [6.45, 7) is -0.0187. The molecule has 4 bridgehead atoms. The molecule has 4 aliphatic rings. The summed E-state index contributed by atoms with van der Waals surface area (Å²) < 4.78 is 0. The Morgan fingerprint density at radius 2 is 1.83 bits per heavy atom. The number of carbonyl (C=O) groups excluding carboxylic acids is 1. The quantitative estimate of drug-likeness (QED) is 0.932. The molecule has 0 spiro atoms. The van der Waals surface area contributed by atoms with Gasteiger partial charge in [-0.1, -0.05) is 17.0 Å². The Kier molecular flexibility index (Phi) is 3.08. The van der Waals surface area contributed by atoms with Crippen LogP contribution >= 0.6 is 0 Å². The van der Waals surface area contributed by atoms with Crippen LogP contribution in [0.3, 0.4) is 0 Å². The third-order valence-corrected chi connectivity index (χ3v) is 6.08. The highest BCUT2D eigenvalue weighted by atomic mass is 16.7. The van der Waals surface area contributed by atoms with Gasteiger partial charge < -0.3 is 10.2 Å². The van der Waals surface area contributed by atoms with E-state index >= 15 is 0 Å². The monoisotopic (exact) mass is 326 g/mol. The molecule has 0 atom stereocenters. The van der Waals surface area contributed by atoms with E-state index in [0.29, 0.717) is 0 Å². The molecule has 126 valence electrons. The molecular formula is C18H22N4O2. The van der Waals surface area contributed by atoms with E-state index in [1.54, 1.807) is 0 Å². The molecule has 1 amide bonds. The average Bonchev–Trinajstić information content (AvgIpc) is 2.94. The minimum Gasteiger partial charge on any atom is -0.385 e. The molecule has 4 fully saturated rings. The van der Waals surface area contributed by atoms with E-state index < -0.39 is 0 Å². The zero-order valence-electron chi connectivity index (χ0n) is 13.6. The number of amides is 1. The molecule has 4 saturated carbocycles. The van der Waals surface area contributed by atoms with Crippen molar-refractivity contribution in [1.82, 2.24) is 20.5 Å². The number of carbonyl (C=O) groups is 1. The van der Waals surface area contributed by atoms with E-state index in [4.69, 9.17) is 4.84 Å². The van der Waals surface area contributed by atoms with Crippen LogP contribution in [-0.2, 0) is 4.79 Å². The fourth-order valence-corrected chi connectivity index (χ4v) is 5.66. The largest absolute Gasteiger partial charge is 0.385 e. The van der Waals surface area contributed by atoms with Crippen LogP contribution in [-0.4, -0.2) is 33.2 Å². The van der Waals surface area contributed by atoms with Crippen LogP contribution in [0.5, 0.6) is 0 Å². The summed E-state index contributed by atoms with van der Waals surface area (Å²) in [5, 5.41) is 11.3. The standard InChI is InChI=1S/C18H22N4O2/c23-17(11-24-22-16-4-2-1-3-15(16)20-21-22)19-18-8-12-5-13(9-18)7-14(6-12)10-18/h1-4,12-14H,5-11H2,(H,19,23). The van der Waals surface area contributed by atoms with Gasteiger partial charge in [0.25, 0.3) is 5.91 Å². The van der Waals surface area contributed by atoms with Crippen molar-refractivity contribution in [2.45, 2.75) is 44.1 Å². The third-order valence-electron chi connectivity index (χ3n) is 6.08. The Balaban J connectivity index is 1.25. The molecule has 0 aliphatic heterocycles. The number of hydrogen-bond donors (Lipinski definition) is 1. The number of para-hydroxylation sites is 1. The van der Waals surface area contributed by atoms with E-state index in [9.17, 15) is 4.79 Å². The number of benzene rings is 1. The summed E-state index contributed by atoms with van der Waals surface area (Å²) >= 11 is 0. The highest BCUT2D eigenvalue weighted by Crippen LogP contribution is 2.55. The first-order valence-electron chi connectivity index (χ1n) is 8.94. The molecule has 0 radical (unpaired) electrons. The molecule has 1 heterocycles. The molecule has 6 nitrogen and oxygen atoms in total. The van der Waals surface area contributed by atoms with Crippen molar-refractivity contribution in [3.05, 3.63) is 24.3 Å². The molecule has 1 N–H and O–H groups in total. The van der Waals surface area contributed by atoms with E-state index in [-0.39, 0.29) is 18.1 Å². The van der Waals surface area contributed by atoms with Crippen LogP contribution in [0, 0.1) is 17.8 Å². The third kappa shape index (κ3) is 2.36. The van der Waals surface area contributed by atoms with Gasteiger partial charge in [-0.3, -0.25) is 4.79 Å². The van der Waals surface area contributed by atoms with Crippen molar-refractivity contribution in [3.63, 3.8) is 0 Å². The SMILES string of the molecule is O=C(COn1nnc2ccccc21)NC12CC3CC(CC(C3)C1)C2. The average molecular weight is 326 g/mol. The molecule has 6 heteroatoms. The second-order valence-corrected chi connectivity index (χ2v) is 7.97. The van der Waals surface area contributed by atoms with Crippen LogP contribution in [0.25, 0.3) is 11.0 Å². The van der Waals surface area contributed by atoms with Crippen molar-refractivity contribution in [2.24, 2.45) is 17.8 Å². The number of rotatable bonds is 4. The maximum Gasteiger partial charge on any atom is 0.261 e. The molecule has 0 unspecified atom stereocenters. The van der Waals surface area contributed by atoms with Crippen molar-refractivity contribution in [1.29, 1.82) is 0 Å². The summed E-state index contributed by atoms with van der Waals surface area (Å²) in [5.41, 5.74) is 1.57. The fourth-order valence-electron chi connectivity index (χ4n) is 5.66. The normalized spacial score (nSPS) is 33.8. The first-order valence-corrected chi connectivity index (χ1v) is 8.94. The second-order valence-electron chi connectivity index (χ2n) is 7.97. The first-order chi connectivity index (χ1) is 11.7. The Bertz CT molecular complexity index is 749. The van der Waals surface area contributed by atoms with Gasteiger partial charge in [-0.2, -0.15) is 0 Å². The molecular weight excluding hydrogens is 304 g/mol. The lowest BCUT2D eigenvalue weighted by Gasteiger charge is -2.56. The van der Waals surface area contributed by atoms with E-state index in [0.717, 1.165) is 48.0 Å². The Hall–Kier alpha value is -2.11. The number of fused-ring (bicyclic) bond motifs is 1. The minimum atomic E-state index is -0.0449. The van der Waals surface area contributed by atoms with Crippen LogP contribution in [0.1, 0.15) is 38.5 Å². The number of hydrogen-bond acceptors (Lipinski definition) is 4.